The van der Waals surface area contributed by atoms with E-state index in [1.54, 1.807) is 19.1 Å². The lowest BCUT2D eigenvalue weighted by atomic mass is 9.93. The number of carbonyl (C=O) groups is 1. The zero-order valence-electron chi connectivity index (χ0n) is 11.5. The Kier molecular flexibility index (Phi) is 4.01. The van der Waals surface area contributed by atoms with Crippen molar-refractivity contribution in [3.8, 4) is 0 Å². The predicted molar refractivity (Wildman–Crippen MR) is 81.0 cm³/mol. The Balaban J connectivity index is 2.56. The first-order valence-corrected chi connectivity index (χ1v) is 6.55. The van der Waals surface area contributed by atoms with Crippen LogP contribution < -0.4 is 11.2 Å². The number of nitrogens with two attached hydrogens (primary N) is 1. The summed E-state index contributed by atoms with van der Waals surface area (Å²) in [6.07, 6.45) is 0. The molecular weight excluding hydrogens is 292 g/mol. The van der Waals surface area contributed by atoms with Crippen LogP contribution in [0.5, 0.6) is 0 Å². The molecule has 0 aliphatic carbocycles. The molecular formula is C13H14N4O3S. The predicted octanol–water partition coefficient (Wildman–Crippen LogP) is 1.56. The van der Waals surface area contributed by atoms with E-state index in [2.05, 4.69) is 5.32 Å². The number of carbonyl (C=O) groups excluding carboxylic acids is 1. The molecule has 0 unspecified atom stereocenters. The van der Waals surface area contributed by atoms with Crippen molar-refractivity contribution in [2.24, 2.45) is 5.84 Å². The Bertz CT molecular complexity index is 671. The fourth-order valence-corrected chi connectivity index (χ4v) is 2.54. The summed E-state index contributed by atoms with van der Waals surface area (Å²) in [6, 6.07) is 5.54. The molecule has 0 spiro atoms. The van der Waals surface area contributed by atoms with Crippen LogP contribution in [0.1, 0.15) is 25.5 Å². The summed E-state index contributed by atoms with van der Waals surface area (Å²) in [5, 5.41) is 15.3. The van der Waals surface area contributed by atoms with Crippen LogP contribution in [0.3, 0.4) is 0 Å². The maximum atomic E-state index is 11.9. The first-order valence-electron chi connectivity index (χ1n) is 6.14. The summed E-state index contributed by atoms with van der Waals surface area (Å²) in [7, 11) is 0. The second-order valence-corrected chi connectivity index (χ2v) is 5.05. The smallest absolute Gasteiger partial charge is 0.269 e. The Hall–Kier alpha value is -2.32. The van der Waals surface area contributed by atoms with Crippen molar-refractivity contribution in [1.82, 2.24) is 10.3 Å². The van der Waals surface area contributed by atoms with Crippen molar-refractivity contribution in [3.63, 3.8) is 0 Å². The van der Waals surface area contributed by atoms with Crippen molar-refractivity contribution >= 4 is 28.8 Å². The molecule has 0 radical (unpaired) electrons. The fraction of sp³-hybridized carbons (Fsp3) is 0.231. The number of Topliss-reactive ketones (excluding diaryl/α,β-unsaturated/α-hetero) is 1. The molecule has 7 nitrogen and oxygen atoms in total. The second kappa shape index (κ2) is 5.58. The lowest BCUT2D eigenvalue weighted by Gasteiger charge is -2.34. The van der Waals surface area contributed by atoms with Gasteiger partial charge in [0.1, 0.15) is 0 Å². The number of nitro groups is 1. The van der Waals surface area contributed by atoms with Gasteiger partial charge in [-0.2, -0.15) is 0 Å². The van der Waals surface area contributed by atoms with Gasteiger partial charge in [-0.25, -0.2) is 5.84 Å². The molecule has 0 saturated heterocycles. The van der Waals surface area contributed by atoms with Gasteiger partial charge in [0, 0.05) is 23.4 Å². The second-order valence-electron chi connectivity index (χ2n) is 4.66. The van der Waals surface area contributed by atoms with E-state index in [9.17, 15) is 14.9 Å². The first-order chi connectivity index (χ1) is 9.82. The highest BCUT2D eigenvalue weighted by molar-refractivity contribution is 7.80. The lowest BCUT2D eigenvalue weighted by molar-refractivity contribution is -0.384. The summed E-state index contributed by atoms with van der Waals surface area (Å²) in [5.74, 6) is 5.61. The fourth-order valence-electron chi connectivity index (χ4n) is 2.28. The van der Waals surface area contributed by atoms with Crippen LogP contribution in [-0.2, 0) is 4.79 Å². The molecule has 1 aliphatic heterocycles. The largest absolute Gasteiger partial charge is 0.350 e. The van der Waals surface area contributed by atoms with E-state index in [0.29, 0.717) is 16.8 Å². The van der Waals surface area contributed by atoms with Crippen LogP contribution in [0.2, 0.25) is 0 Å². The number of thiocarbonyl (C=S) groups is 1. The molecule has 8 heteroatoms. The summed E-state index contributed by atoms with van der Waals surface area (Å²) >= 11 is 5.12. The average Bonchev–Trinajstić information content (AvgIpc) is 2.44. The molecule has 1 heterocycles. The summed E-state index contributed by atoms with van der Waals surface area (Å²) in [6.45, 7) is 3.11. The number of non-ortho nitro benzene ring substituents is 1. The SMILES string of the molecule is CC(=O)C1=C(C)N(N)C(=S)N[C@H]1c1cccc([N+](=O)[O-])c1. The molecule has 0 fully saturated rings. The van der Waals surface area contributed by atoms with Crippen molar-refractivity contribution in [1.29, 1.82) is 0 Å². The Morgan fingerprint density at radius 1 is 1.52 bits per heavy atom. The monoisotopic (exact) mass is 306 g/mol. The van der Waals surface area contributed by atoms with Crippen molar-refractivity contribution < 1.29 is 9.72 Å². The van der Waals surface area contributed by atoms with Gasteiger partial charge in [-0.15, -0.1) is 0 Å². The zero-order valence-corrected chi connectivity index (χ0v) is 12.3. The number of benzene rings is 1. The minimum Gasteiger partial charge on any atom is -0.350 e. The third-order valence-corrected chi connectivity index (χ3v) is 3.63. The molecule has 1 aliphatic rings. The van der Waals surface area contributed by atoms with Gasteiger partial charge in [0.2, 0.25) is 0 Å². The van der Waals surface area contributed by atoms with Crippen molar-refractivity contribution in [2.75, 3.05) is 0 Å². The third-order valence-electron chi connectivity index (χ3n) is 3.32. The van der Waals surface area contributed by atoms with E-state index in [0.717, 1.165) is 0 Å². The number of nitrogens with one attached hydrogen (secondary N) is 1. The molecule has 0 saturated carbocycles. The first kappa shape index (κ1) is 15.1. The van der Waals surface area contributed by atoms with Gasteiger partial charge in [-0.05, 0) is 31.6 Å². The summed E-state index contributed by atoms with van der Waals surface area (Å²) < 4.78 is 0. The van der Waals surface area contributed by atoms with Crippen LogP contribution in [0.4, 0.5) is 5.69 Å². The molecule has 0 amide bonds. The van der Waals surface area contributed by atoms with E-state index in [-0.39, 0.29) is 16.6 Å². The Morgan fingerprint density at radius 2 is 2.19 bits per heavy atom. The zero-order chi connectivity index (χ0) is 15.7. The molecule has 1 atom stereocenters. The Labute approximate surface area is 126 Å². The van der Waals surface area contributed by atoms with Crippen LogP contribution in [-0.4, -0.2) is 20.8 Å². The molecule has 1 aromatic rings. The van der Waals surface area contributed by atoms with Gasteiger partial charge in [-0.3, -0.25) is 19.9 Å². The van der Waals surface area contributed by atoms with Crippen LogP contribution in [0.15, 0.2) is 35.5 Å². The van der Waals surface area contributed by atoms with Gasteiger partial charge in [-0.1, -0.05) is 12.1 Å². The average molecular weight is 306 g/mol. The third kappa shape index (κ3) is 2.76. The number of hydrogen-bond donors (Lipinski definition) is 2. The summed E-state index contributed by atoms with van der Waals surface area (Å²) in [4.78, 5) is 22.3. The van der Waals surface area contributed by atoms with Gasteiger partial charge in [0.15, 0.2) is 10.9 Å². The number of nitrogens with zero attached hydrogens (tertiary/aromatic N) is 2. The van der Waals surface area contributed by atoms with E-state index in [1.807, 2.05) is 0 Å². The highest BCUT2D eigenvalue weighted by atomic mass is 32.1. The molecule has 0 aromatic heterocycles. The number of allylic oxidation sites excluding steroid dienone is 1. The van der Waals surface area contributed by atoms with Crippen LogP contribution in [0.25, 0.3) is 0 Å². The minimum atomic E-state index is -0.547. The van der Waals surface area contributed by atoms with Crippen molar-refractivity contribution in [2.45, 2.75) is 19.9 Å². The molecule has 3 N–H and O–H groups in total. The quantitative estimate of drug-likeness (QED) is 0.378. The highest BCUT2D eigenvalue weighted by Crippen LogP contribution is 2.31. The molecule has 110 valence electrons. The number of rotatable bonds is 3. The normalized spacial score (nSPS) is 18.5. The number of hydrogen-bond acceptors (Lipinski definition) is 5. The minimum absolute atomic E-state index is 0.0454. The standard InChI is InChI=1S/C13H14N4O3S/c1-7-11(8(2)18)12(15-13(21)16(7)14)9-4-3-5-10(6-9)17(19)20/h3-6,12H,14H2,1-2H3,(H,15,21)/t12-/m0/s1. The van der Waals surface area contributed by atoms with Gasteiger partial charge in [0.05, 0.1) is 11.0 Å². The van der Waals surface area contributed by atoms with E-state index in [1.165, 1.54) is 24.1 Å². The topological polar surface area (TPSA) is 102 Å². The molecule has 21 heavy (non-hydrogen) atoms. The number of nitro benzene ring substituents is 1. The summed E-state index contributed by atoms with van der Waals surface area (Å²) in [5.41, 5.74) is 1.51. The molecule has 2 rings (SSSR count). The van der Waals surface area contributed by atoms with E-state index in [4.69, 9.17) is 18.1 Å². The molecule has 1 aromatic carbocycles. The maximum absolute atomic E-state index is 11.9. The van der Waals surface area contributed by atoms with E-state index >= 15 is 0 Å². The lowest BCUT2D eigenvalue weighted by Crippen LogP contribution is -2.50. The van der Waals surface area contributed by atoms with Gasteiger partial charge in [0.25, 0.3) is 5.69 Å². The number of ketones is 1. The van der Waals surface area contributed by atoms with Crippen LogP contribution in [0, 0.1) is 10.1 Å². The van der Waals surface area contributed by atoms with Crippen LogP contribution >= 0.6 is 12.2 Å². The number of hydrazine groups is 1. The Morgan fingerprint density at radius 3 is 2.76 bits per heavy atom. The maximum Gasteiger partial charge on any atom is 0.269 e. The van der Waals surface area contributed by atoms with Crippen molar-refractivity contribution in [3.05, 3.63) is 51.2 Å². The van der Waals surface area contributed by atoms with E-state index < -0.39 is 11.0 Å². The molecule has 0 bridgehead atoms. The van der Waals surface area contributed by atoms with Gasteiger partial charge >= 0.3 is 0 Å². The van der Waals surface area contributed by atoms with Gasteiger partial charge < -0.3 is 5.32 Å². The highest BCUT2D eigenvalue weighted by Gasteiger charge is 2.31.